The zero-order chi connectivity index (χ0) is 18.4. The van der Waals surface area contributed by atoms with E-state index in [1.54, 1.807) is 6.20 Å². The van der Waals surface area contributed by atoms with Gasteiger partial charge < -0.3 is 9.64 Å². The van der Waals surface area contributed by atoms with Crippen LogP contribution in [-0.4, -0.2) is 41.8 Å². The number of unbranched alkanes of at least 4 members (excludes halogenated alkanes) is 1. The smallest absolute Gasteiger partial charge is 0.278 e. The predicted octanol–water partition coefficient (Wildman–Crippen LogP) is 2.44. The molecule has 1 amide bonds. The van der Waals surface area contributed by atoms with Gasteiger partial charge in [-0.15, -0.1) is 0 Å². The molecule has 25 heavy (non-hydrogen) atoms. The first-order valence-corrected chi connectivity index (χ1v) is 9.27. The van der Waals surface area contributed by atoms with Crippen LogP contribution in [0.4, 0.5) is 0 Å². The maximum atomic E-state index is 13.2. The normalized spacial score (nSPS) is 28.6. The van der Waals surface area contributed by atoms with Crippen molar-refractivity contribution in [2.45, 2.75) is 52.1 Å². The van der Waals surface area contributed by atoms with Crippen LogP contribution in [-0.2, 0) is 0 Å². The number of hydrogen-bond acceptors (Lipinski definition) is 4. The van der Waals surface area contributed by atoms with Gasteiger partial charge >= 0.3 is 0 Å². The van der Waals surface area contributed by atoms with Crippen LogP contribution in [0.15, 0.2) is 17.1 Å². The molecule has 1 aromatic rings. The fourth-order valence-electron chi connectivity index (χ4n) is 4.45. The number of rotatable bonds is 4. The van der Waals surface area contributed by atoms with Gasteiger partial charge in [-0.3, -0.25) is 19.3 Å². The number of pyridine rings is 1. The summed E-state index contributed by atoms with van der Waals surface area (Å²) in [5.74, 6) is 0.916. The molecule has 1 unspecified atom stereocenters. The van der Waals surface area contributed by atoms with Gasteiger partial charge in [0.1, 0.15) is 5.66 Å². The van der Waals surface area contributed by atoms with Crippen molar-refractivity contribution in [1.29, 1.82) is 0 Å². The summed E-state index contributed by atoms with van der Waals surface area (Å²) < 4.78 is 7.55. The van der Waals surface area contributed by atoms with Crippen LogP contribution in [0.3, 0.4) is 0 Å². The molecule has 0 N–H and O–H groups in total. The summed E-state index contributed by atoms with van der Waals surface area (Å²) in [5.41, 5.74) is -0.258. The number of amides is 1. The zero-order valence-electron chi connectivity index (χ0n) is 15.9. The lowest BCUT2D eigenvalue weighted by atomic mass is 9.89. The summed E-state index contributed by atoms with van der Waals surface area (Å²) in [4.78, 5) is 27.4. The average molecular weight is 347 g/mol. The Morgan fingerprint density at radius 1 is 1.28 bits per heavy atom. The van der Waals surface area contributed by atoms with E-state index in [0.29, 0.717) is 24.1 Å². The molecular weight excluding hydrogens is 318 g/mol. The molecule has 1 aliphatic heterocycles. The van der Waals surface area contributed by atoms with Gasteiger partial charge in [-0.1, -0.05) is 27.2 Å². The lowest BCUT2D eigenvalue weighted by molar-refractivity contribution is 0.0229. The molecule has 3 atom stereocenters. The van der Waals surface area contributed by atoms with Crippen molar-refractivity contribution < 1.29 is 9.53 Å². The monoisotopic (exact) mass is 347 g/mol. The second kappa shape index (κ2) is 6.39. The molecule has 1 fully saturated rings. The molecule has 0 bridgehead atoms. The van der Waals surface area contributed by atoms with Gasteiger partial charge in [-0.2, -0.15) is 0 Å². The number of carbonyl (C=O) groups is 1. The molecule has 2 heterocycles. The Morgan fingerprint density at radius 2 is 2.00 bits per heavy atom. The molecule has 0 aromatic carbocycles. The van der Waals surface area contributed by atoms with Gasteiger partial charge in [-0.25, -0.2) is 0 Å². The number of carbonyl (C=O) groups excluding carboxylic acids is 1. The van der Waals surface area contributed by atoms with E-state index in [1.165, 1.54) is 6.07 Å². The van der Waals surface area contributed by atoms with Crippen molar-refractivity contribution in [2.24, 2.45) is 11.8 Å². The summed E-state index contributed by atoms with van der Waals surface area (Å²) in [6.07, 6.45) is 5.53. The maximum Gasteiger partial charge on any atom is 0.278 e. The molecule has 2 aliphatic rings. The predicted molar refractivity (Wildman–Crippen MR) is 97.6 cm³/mol. The van der Waals surface area contributed by atoms with Crippen LogP contribution < -0.4 is 15.2 Å². The summed E-state index contributed by atoms with van der Waals surface area (Å²) in [6, 6.07) is 1.50. The second-order valence-electron chi connectivity index (χ2n) is 7.48. The van der Waals surface area contributed by atoms with Crippen molar-refractivity contribution in [3.63, 3.8) is 0 Å². The first kappa shape index (κ1) is 17.8. The number of aromatic nitrogens is 1. The standard InChI is InChI=1S/C19H29N3O3/c1-6-7-12-25-17-15(23)9-11-22-16(17)18(24)20(4)19(21(22)5)10-8-13(2)14(19)3/h9,11,13-14H,6-8,10,12H2,1-5H3/t13-,14-,19?/m0/s1. The quantitative estimate of drug-likeness (QED) is 0.785. The average Bonchev–Trinajstić information content (AvgIpc) is 2.89. The van der Waals surface area contributed by atoms with Gasteiger partial charge in [0, 0.05) is 32.3 Å². The van der Waals surface area contributed by atoms with E-state index in [4.69, 9.17) is 4.74 Å². The van der Waals surface area contributed by atoms with Gasteiger partial charge in [-0.05, 0) is 25.2 Å². The Kier molecular flexibility index (Phi) is 4.56. The van der Waals surface area contributed by atoms with Gasteiger partial charge in [0.25, 0.3) is 5.91 Å². The number of fused-ring (bicyclic) bond motifs is 1. The third kappa shape index (κ3) is 2.45. The largest absolute Gasteiger partial charge is 0.487 e. The molecule has 138 valence electrons. The molecule has 0 saturated heterocycles. The van der Waals surface area contributed by atoms with Crippen molar-refractivity contribution in [2.75, 3.05) is 25.7 Å². The second-order valence-corrected chi connectivity index (χ2v) is 7.48. The van der Waals surface area contributed by atoms with E-state index in [2.05, 4.69) is 25.8 Å². The Bertz CT molecular complexity index is 729. The Balaban J connectivity index is 2.11. The number of hydrogen-bond donors (Lipinski definition) is 0. The zero-order valence-corrected chi connectivity index (χ0v) is 15.9. The Labute approximate surface area is 149 Å². The lowest BCUT2D eigenvalue weighted by Crippen LogP contribution is -2.69. The minimum Gasteiger partial charge on any atom is -0.487 e. The summed E-state index contributed by atoms with van der Waals surface area (Å²) >= 11 is 0. The van der Waals surface area contributed by atoms with E-state index in [1.807, 2.05) is 23.7 Å². The van der Waals surface area contributed by atoms with E-state index in [9.17, 15) is 9.59 Å². The van der Waals surface area contributed by atoms with Crippen LogP contribution >= 0.6 is 0 Å². The minimum atomic E-state index is -0.362. The first-order chi connectivity index (χ1) is 11.9. The first-order valence-electron chi connectivity index (χ1n) is 9.27. The highest BCUT2D eigenvalue weighted by Gasteiger charge is 2.55. The number of ether oxygens (including phenoxy) is 1. The van der Waals surface area contributed by atoms with Crippen LogP contribution in [0.5, 0.6) is 5.75 Å². The maximum absolute atomic E-state index is 13.2. The third-order valence-electron chi connectivity index (χ3n) is 6.30. The Morgan fingerprint density at radius 3 is 2.60 bits per heavy atom. The summed E-state index contributed by atoms with van der Waals surface area (Å²) in [7, 11) is 3.85. The van der Waals surface area contributed by atoms with Crippen LogP contribution in [0.25, 0.3) is 0 Å². The van der Waals surface area contributed by atoms with Crippen molar-refractivity contribution in [3.05, 3.63) is 28.2 Å². The van der Waals surface area contributed by atoms with Crippen molar-refractivity contribution >= 4 is 5.91 Å². The summed E-state index contributed by atoms with van der Waals surface area (Å²) in [5, 5.41) is 2.12. The van der Waals surface area contributed by atoms with Crippen molar-refractivity contribution in [1.82, 2.24) is 9.58 Å². The van der Waals surface area contributed by atoms with Crippen LogP contribution in [0, 0.1) is 11.8 Å². The highest BCUT2D eigenvalue weighted by Crippen LogP contribution is 2.47. The van der Waals surface area contributed by atoms with E-state index >= 15 is 0 Å². The van der Waals surface area contributed by atoms with Crippen molar-refractivity contribution in [3.8, 4) is 5.75 Å². The molecule has 3 rings (SSSR count). The van der Waals surface area contributed by atoms with Crippen LogP contribution in [0.1, 0.15) is 56.9 Å². The minimum absolute atomic E-state index is 0.136. The molecule has 1 saturated carbocycles. The third-order valence-corrected chi connectivity index (χ3v) is 6.30. The van der Waals surface area contributed by atoms with Gasteiger partial charge in [0.05, 0.1) is 6.61 Å². The fraction of sp³-hybridized carbons (Fsp3) is 0.684. The Hall–Kier alpha value is -1.98. The summed E-state index contributed by atoms with van der Waals surface area (Å²) in [6.45, 7) is 6.97. The van der Waals surface area contributed by atoms with Crippen LogP contribution in [0.2, 0.25) is 0 Å². The molecule has 1 aliphatic carbocycles. The molecule has 1 spiro atoms. The molecule has 6 heteroatoms. The fourth-order valence-corrected chi connectivity index (χ4v) is 4.45. The van der Waals surface area contributed by atoms with Gasteiger partial charge in [0.15, 0.2) is 11.4 Å². The van der Waals surface area contributed by atoms with E-state index in [-0.39, 0.29) is 22.7 Å². The lowest BCUT2D eigenvalue weighted by Gasteiger charge is -2.54. The SMILES string of the molecule is CCCCOc1c2n(ccc1=O)N(C)C1(CC[C@H](C)[C@@H]1C)N(C)C2=O. The molecule has 6 nitrogen and oxygen atoms in total. The molecule has 1 aromatic heterocycles. The molecule has 0 radical (unpaired) electrons. The van der Waals surface area contributed by atoms with E-state index < -0.39 is 0 Å². The highest BCUT2D eigenvalue weighted by atomic mass is 16.5. The molecular formula is C19H29N3O3. The topological polar surface area (TPSA) is 54.8 Å². The number of nitrogens with zero attached hydrogens (tertiary/aromatic N) is 3. The van der Waals surface area contributed by atoms with E-state index in [0.717, 1.165) is 25.7 Å². The van der Waals surface area contributed by atoms with Gasteiger partial charge in [0.2, 0.25) is 5.43 Å². The highest BCUT2D eigenvalue weighted by molar-refractivity contribution is 5.97.